The van der Waals surface area contributed by atoms with E-state index in [4.69, 9.17) is 0 Å². The molecule has 0 saturated carbocycles. The fourth-order valence-electron chi connectivity index (χ4n) is 2.73. The normalized spacial score (nSPS) is 13.6. The highest BCUT2D eigenvalue weighted by Gasteiger charge is 2.16. The number of thiazole rings is 1. The van der Waals surface area contributed by atoms with E-state index in [1.807, 2.05) is 6.07 Å². The van der Waals surface area contributed by atoms with E-state index in [1.54, 1.807) is 11.3 Å². The average molecular weight is 298 g/mol. The summed E-state index contributed by atoms with van der Waals surface area (Å²) in [5, 5.41) is 13.4. The first-order chi connectivity index (χ1) is 10.2. The quantitative estimate of drug-likeness (QED) is 0.933. The number of rotatable bonds is 3. The van der Waals surface area contributed by atoms with Gasteiger partial charge in [0.25, 0.3) is 0 Å². The van der Waals surface area contributed by atoms with E-state index in [0.29, 0.717) is 11.4 Å². The molecular weight excluding hydrogens is 280 g/mol. The highest BCUT2D eigenvalue weighted by molar-refractivity contribution is 7.15. The lowest BCUT2D eigenvalue weighted by Crippen LogP contribution is -2.08. The number of anilines is 2. The highest BCUT2D eigenvalue weighted by atomic mass is 32.1. The van der Waals surface area contributed by atoms with Crippen molar-refractivity contribution in [2.75, 3.05) is 5.32 Å². The standard InChI is InChI=1S/C16H18N4S/c1-3-13-10(2)21-16(19-13)20-15-12(9-17)8-11-6-4-5-7-14(11)18-15/h8H,3-7H2,1-2H3,(H,18,19,20). The van der Waals surface area contributed by atoms with Gasteiger partial charge in [-0.25, -0.2) is 9.97 Å². The molecule has 0 bridgehead atoms. The number of hydrogen-bond donors (Lipinski definition) is 1. The Balaban J connectivity index is 1.95. The van der Waals surface area contributed by atoms with Gasteiger partial charge >= 0.3 is 0 Å². The minimum Gasteiger partial charge on any atom is -0.315 e. The van der Waals surface area contributed by atoms with Crippen LogP contribution in [-0.2, 0) is 19.3 Å². The molecule has 0 radical (unpaired) electrons. The lowest BCUT2D eigenvalue weighted by atomic mass is 9.95. The van der Waals surface area contributed by atoms with Crippen LogP contribution in [0.2, 0.25) is 0 Å². The Bertz CT molecular complexity index is 712. The molecule has 5 heteroatoms. The Kier molecular flexibility index (Phi) is 3.89. The number of aryl methyl sites for hydroxylation is 4. The average Bonchev–Trinajstić information content (AvgIpc) is 2.86. The summed E-state index contributed by atoms with van der Waals surface area (Å²) in [6.07, 6.45) is 5.34. The molecule has 4 nitrogen and oxygen atoms in total. The van der Waals surface area contributed by atoms with Gasteiger partial charge in [-0.2, -0.15) is 5.26 Å². The molecule has 0 aliphatic heterocycles. The van der Waals surface area contributed by atoms with E-state index < -0.39 is 0 Å². The highest BCUT2D eigenvalue weighted by Crippen LogP contribution is 2.29. The smallest absolute Gasteiger partial charge is 0.188 e. The summed E-state index contributed by atoms with van der Waals surface area (Å²) in [5.74, 6) is 0.648. The molecular formula is C16H18N4S. The molecule has 108 valence electrons. The second-order valence-electron chi connectivity index (χ2n) is 5.31. The summed E-state index contributed by atoms with van der Waals surface area (Å²) in [6, 6.07) is 4.24. The van der Waals surface area contributed by atoms with Crippen LogP contribution >= 0.6 is 11.3 Å². The van der Waals surface area contributed by atoms with Gasteiger partial charge in [0.15, 0.2) is 5.13 Å². The fraction of sp³-hybridized carbons (Fsp3) is 0.438. The molecule has 0 saturated heterocycles. The Morgan fingerprint density at radius 2 is 2.14 bits per heavy atom. The maximum Gasteiger partial charge on any atom is 0.188 e. The molecule has 2 aromatic rings. The van der Waals surface area contributed by atoms with Gasteiger partial charge in [0, 0.05) is 10.6 Å². The van der Waals surface area contributed by atoms with E-state index in [0.717, 1.165) is 35.8 Å². The van der Waals surface area contributed by atoms with Crippen LogP contribution < -0.4 is 5.32 Å². The van der Waals surface area contributed by atoms with Gasteiger partial charge in [-0.15, -0.1) is 11.3 Å². The van der Waals surface area contributed by atoms with Crippen LogP contribution in [0.1, 0.15) is 47.2 Å². The van der Waals surface area contributed by atoms with Crippen molar-refractivity contribution in [3.8, 4) is 6.07 Å². The molecule has 21 heavy (non-hydrogen) atoms. The van der Waals surface area contributed by atoms with Crippen molar-refractivity contribution in [3.05, 3.63) is 33.5 Å². The van der Waals surface area contributed by atoms with Crippen molar-refractivity contribution in [1.82, 2.24) is 9.97 Å². The van der Waals surface area contributed by atoms with E-state index >= 15 is 0 Å². The first-order valence-electron chi connectivity index (χ1n) is 7.37. The number of nitriles is 1. The van der Waals surface area contributed by atoms with Crippen molar-refractivity contribution < 1.29 is 0 Å². The summed E-state index contributed by atoms with van der Waals surface area (Å²) >= 11 is 1.62. The van der Waals surface area contributed by atoms with E-state index in [1.165, 1.54) is 23.3 Å². The van der Waals surface area contributed by atoms with Crippen molar-refractivity contribution in [2.24, 2.45) is 0 Å². The second kappa shape index (κ2) is 5.82. The number of nitrogens with one attached hydrogen (secondary N) is 1. The third kappa shape index (κ3) is 2.77. The maximum absolute atomic E-state index is 9.36. The number of aromatic nitrogens is 2. The third-order valence-corrected chi connectivity index (χ3v) is 4.80. The molecule has 0 spiro atoms. The van der Waals surface area contributed by atoms with Crippen molar-refractivity contribution in [1.29, 1.82) is 5.26 Å². The van der Waals surface area contributed by atoms with Crippen LogP contribution in [-0.4, -0.2) is 9.97 Å². The van der Waals surface area contributed by atoms with Crippen LogP contribution in [0.3, 0.4) is 0 Å². The largest absolute Gasteiger partial charge is 0.315 e. The molecule has 1 aliphatic carbocycles. The van der Waals surface area contributed by atoms with Gasteiger partial charge in [-0.3, -0.25) is 0 Å². The van der Waals surface area contributed by atoms with Gasteiger partial charge in [0.1, 0.15) is 11.9 Å². The number of fused-ring (bicyclic) bond motifs is 1. The predicted molar refractivity (Wildman–Crippen MR) is 85.1 cm³/mol. The SMILES string of the molecule is CCc1nc(Nc2nc3c(cc2C#N)CCCC3)sc1C. The summed E-state index contributed by atoms with van der Waals surface area (Å²) < 4.78 is 0. The van der Waals surface area contributed by atoms with Gasteiger partial charge in [0.05, 0.1) is 11.3 Å². The molecule has 0 unspecified atom stereocenters. The van der Waals surface area contributed by atoms with Crippen molar-refractivity contribution in [3.63, 3.8) is 0 Å². The monoisotopic (exact) mass is 298 g/mol. The molecule has 1 N–H and O–H groups in total. The molecule has 1 aliphatic rings. The van der Waals surface area contributed by atoms with Crippen LogP contribution in [0.4, 0.5) is 10.9 Å². The van der Waals surface area contributed by atoms with Crippen molar-refractivity contribution in [2.45, 2.75) is 46.0 Å². The van der Waals surface area contributed by atoms with Crippen LogP contribution in [0.25, 0.3) is 0 Å². The molecule has 2 heterocycles. The zero-order chi connectivity index (χ0) is 14.8. The predicted octanol–water partition coefficient (Wildman–Crippen LogP) is 3.90. The first kappa shape index (κ1) is 14.0. The summed E-state index contributed by atoms with van der Waals surface area (Å²) in [7, 11) is 0. The molecule has 0 fully saturated rings. The topological polar surface area (TPSA) is 61.6 Å². The van der Waals surface area contributed by atoms with Crippen molar-refractivity contribution >= 4 is 22.3 Å². The number of pyridine rings is 1. The lowest BCUT2D eigenvalue weighted by Gasteiger charge is -2.16. The third-order valence-electron chi connectivity index (χ3n) is 3.87. The van der Waals surface area contributed by atoms with Crippen LogP contribution in [0.15, 0.2) is 6.07 Å². The van der Waals surface area contributed by atoms with Gasteiger partial charge in [0.2, 0.25) is 0 Å². The zero-order valence-corrected chi connectivity index (χ0v) is 13.2. The number of hydrogen-bond acceptors (Lipinski definition) is 5. The van der Waals surface area contributed by atoms with Crippen LogP contribution in [0, 0.1) is 18.3 Å². The summed E-state index contributed by atoms with van der Waals surface area (Å²) in [6.45, 7) is 4.18. The van der Waals surface area contributed by atoms with Crippen LogP contribution in [0.5, 0.6) is 0 Å². The Morgan fingerprint density at radius 3 is 2.86 bits per heavy atom. The van der Waals surface area contributed by atoms with Gasteiger partial charge in [-0.1, -0.05) is 6.92 Å². The first-order valence-corrected chi connectivity index (χ1v) is 8.19. The molecule has 3 rings (SSSR count). The lowest BCUT2D eigenvalue weighted by molar-refractivity contribution is 0.668. The van der Waals surface area contributed by atoms with E-state index in [-0.39, 0.29) is 0 Å². The Morgan fingerprint density at radius 1 is 1.33 bits per heavy atom. The molecule has 2 aromatic heterocycles. The molecule has 0 atom stereocenters. The van der Waals surface area contributed by atoms with Gasteiger partial charge < -0.3 is 5.32 Å². The minimum atomic E-state index is 0.613. The van der Waals surface area contributed by atoms with E-state index in [9.17, 15) is 5.26 Å². The van der Waals surface area contributed by atoms with Gasteiger partial charge in [-0.05, 0) is 50.7 Å². The summed E-state index contributed by atoms with van der Waals surface area (Å²) in [4.78, 5) is 10.5. The Labute approximate surface area is 128 Å². The molecule has 0 aromatic carbocycles. The molecule has 0 amide bonds. The maximum atomic E-state index is 9.36. The number of nitrogens with zero attached hydrogens (tertiary/aromatic N) is 3. The summed E-state index contributed by atoms with van der Waals surface area (Å²) in [5.41, 5.74) is 4.08. The fourth-order valence-corrected chi connectivity index (χ4v) is 3.63. The minimum absolute atomic E-state index is 0.613. The second-order valence-corrected chi connectivity index (χ2v) is 6.51. The zero-order valence-electron chi connectivity index (χ0n) is 12.4. The Hall–Kier alpha value is -1.93. The van der Waals surface area contributed by atoms with E-state index in [2.05, 4.69) is 35.2 Å².